The Morgan fingerprint density at radius 1 is 1.69 bits per heavy atom. The predicted molar refractivity (Wildman–Crippen MR) is 57.2 cm³/mol. The number of morpholine rings is 1. The molecular formula is C11H14N2O3. The van der Waals surface area contributed by atoms with Crippen LogP contribution in [0.25, 0.3) is 0 Å². The first kappa shape index (κ1) is 10.9. The summed E-state index contributed by atoms with van der Waals surface area (Å²) in [6, 6.07) is 3.07. The van der Waals surface area contributed by atoms with E-state index in [0.29, 0.717) is 19.8 Å². The molecule has 1 N–H and O–H groups in total. The van der Waals surface area contributed by atoms with Gasteiger partial charge in [0.15, 0.2) is 5.69 Å². The molecule has 2 rings (SSSR count). The highest BCUT2D eigenvalue weighted by Gasteiger charge is 2.27. The Balaban J connectivity index is 2.21. The molecule has 5 heteroatoms. The molecule has 1 aliphatic heterocycles. The SMILES string of the molecule is CC1COCCN1C(=O)c1ncccc1O. The number of aromatic hydroxyl groups is 1. The number of ether oxygens (including phenoxy) is 1. The molecule has 1 unspecified atom stereocenters. The Morgan fingerprint density at radius 3 is 3.19 bits per heavy atom. The van der Waals surface area contributed by atoms with Crippen LogP contribution in [-0.4, -0.2) is 46.7 Å². The lowest BCUT2D eigenvalue weighted by Gasteiger charge is -2.33. The standard InChI is InChI=1S/C11H14N2O3/c1-8-7-16-6-5-13(8)11(15)10-9(14)3-2-4-12-10/h2-4,8,14H,5-7H2,1H3. The molecule has 1 aromatic rings. The minimum absolute atomic E-state index is 0.0163. The van der Waals surface area contributed by atoms with Crippen LogP contribution in [-0.2, 0) is 4.74 Å². The van der Waals surface area contributed by atoms with Gasteiger partial charge in [0.2, 0.25) is 0 Å². The van der Waals surface area contributed by atoms with Crippen molar-refractivity contribution in [1.82, 2.24) is 9.88 Å². The van der Waals surface area contributed by atoms with Crippen LogP contribution >= 0.6 is 0 Å². The van der Waals surface area contributed by atoms with Crippen LogP contribution in [0.2, 0.25) is 0 Å². The van der Waals surface area contributed by atoms with E-state index in [1.165, 1.54) is 12.3 Å². The van der Waals surface area contributed by atoms with Crippen LogP contribution in [0.5, 0.6) is 5.75 Å². The molecule has 5 nitrogen and oxygen atoms in total. The number of aromatic nitrogens is 1. The van der Waals surface area contributed by atoms with E-state index in [-0.39, 0.29) is 23.4 Å². The van der Waals surface area contributed by atoms with Crippen LogP contribution < -0.4 is 0 Å². The summed E-state index contributed by atoms with van der Waals surface area (Å²) in [5.41, 5.74) is 0.108. The van der Waals surface area contributed by atoms with E-state index in [1.807, 2.05) is 6.92 Å². The van der Waals surface area contributed by atoms with Crippen molar-refractivity contribution in [3.05, 3.63) is 24.0 Å². The zero-order valence-corrected chi connectivity index (χ0v) is 9.09. The Hall–Kier alpha value is -1.62. The van der Waals surface area contributed by atoms with Gasteiger partial charge in [-0.3, -0.25) is 4.79 Å². The van der Waals surface area contributed by atoms with Crippen LogP contribution in [0, 0.1) is 0 Å². The summed E-state index contributed by atoms with van der Waals surface area (Å²) >= 11 is 0. The molecule has 1 fully saturated rings. The van der Waals surface area contributed by atoms with Crippen molar-refractivity contribution in [3.8, 4) is 5.75 Å². The maximum atomic E-state index is 12.1. The second kappa shape index (κ2) is 4.49. The maximum Gasteiger partial charge on any atom is 0.276 e. The summed E-state index contributed by atoms with van der Waals surface area (Å²) in [5.74, 6) is -0.319. The van der Waals surface area contributed by atoms with Crippen molar-refractivity contribution in [2.75, 3.05) is 19.8 Å². The third kappa shape index (κ3) is 1.99. The minimum atomic E-state index is -0.242. The largest absolute Gasteiger partial charge is 0.505 e. The molecule has 0 radical (unpaired) electrons. The number of pyridine rings is 1. The second-order valence-corrected chi connectivity index (χ2v) is 3.79. The van der Waals surface area contributed by atoms with Crippen molar-refractivity contribution >= 4 is 5.91 Å². The Labute approximate surface area is 93.7 Å². The molecule has 16 heavy (non-hydrogen) atoms. The topological polar surface area (TPSA) is 62.7 Å². The van der Waals surface area contributed by atoms with Crippen LogP contribution in [0.3, 0.4) is 0 Å². The van der Waals surface area contributed by atoms with Crippen molar-refractivity contribution in [1.29, 1.82) is 0 Å². The van der Waals surface area contributed by atoms with Gasteiger partial charge in [0.1, 0.15) is 5.75 Å². The lowest BCUT2D eigenvalue weighted by molar-refractivity contribution is 0.00311. The molecule has 1 amide bonds. The highest BCUT2D eigenvalue weighted by Crippen LogP contribution is 2.17. The first-order chi connectivity index (χ1) is 7.70. The van der Waals surface area contributed by atoms with Crippen molar-refractivity contribution in [2.24, 2.45) is 0 Å². The average Bonchev–Trinajstić information content (AvgIpc) is 2.29. The molecule has 1 atom stereocenters. The fourth-order valence-corrected chi connectivity index (χ4v) is 1.73. The molecule has 1 aliphatic rings. The molecule has 1 aromatic heterocycles. The van der Waals surface area contributed by atoms with Crippen LogP contribution in [0.4, 0.5) is 0 Å². The van der Waals surface area contributed by atoms with E-state index < -0.39 is 0 Å². The van der Waals surface area contributed by atoms with E-state index in [1.54, 1.807) is 11.0 Å². The summed E-state index contributed by atoms with van der Waals surface area (Å²) in [6.07, 6.45) is 1.50. The van der Waals surface area contributed by atoms with Gasteiger partial charge in [-0.15, -0.1) is 0 Å². The first-order valence-electron chi connectivity index (χ1n) is 5.23. The number of carbonyl (C=O) groups excluding carboxylic acids is 1. The number of carbonyl (C=O) groups is 1. The molecular weight excluding hydrogens is 208 g/mol. The normalized spacial score (nSPS) is 20.8. The van der Waals surface area contributed by atoms with E-state index in [2.05, 4.69) is 4.98 Å². The van der Waals surface area contributed by atoms with Gasteiger partial charge in [-0.2, -0.15) is 0 Å². The van der Waals surface area contributed by atoms with Gasteiger partial charge < -0.3 is 14.7 Å². The maximum absolute atomic E-state index is 12.1. The molecule has 0 bridgehead atoms. The zero-order valence-electron chi connectivity index (χ0n) is 9.09. The van der Waals surface area contributed by atoms with Crippen LogP contribution in [0.1, 0.15) is 17.4 Å². The molecule has 1 saturated heterocycles. The van der Waals surface area contributed by atoms with Crippen molar-refractivity contribution < 1.29 is 14.6 Å². The fourth-order valence-electron chi connectivity index (χ4n) is 1.73. The summed E-state index contributed by atoms with van der Waals surface area (Å²) in [5, 5.41) is 9.56. The lowest BCUT2D eigenvalue weighted by atomic mass is 10.2. The smallest absolute Gasteiger partial charge is 0.276 e. The Morgan fingerprint density at radius 2 is 2.50 bits per heavy atom. The predicted octanol–water partition coefficient (Wildman–Crippen LogP) is 0.648. The molecule has 0 saturated carbocycles. The molecule has 0 spiro atoms. The summed E-state index contributed by atoms with van der Waals surface area (Å²) in [4.78, 5) is 17.7. The van der Waals surface area contributed by atoms with E-state index >= 15 is 0 Å². The first-order valence-corrected chi connectivity index (χ1v) is 5.23. The minimum Gasteiger partial charge on any atom is -0.505 e. The highest BCUT2D eigenvalue weighted by atomic mass is 16.5. The number of amides is 1. The fraction of sp³-hybridized carbons (Fsp3) is 0.455. The molecule has 0 aliphatic carbocycles. The van der Waals surface area contributed by atoms with Gasteiger partial charge in [0.25, 0.3) is 5.91 Å². The quantitative estimate of drug-likeness (QED) is 0.757. The van der Waals surface area contributed by atoms with Gasteiger partial charge in [-0.05, 0) is 19.1 Å². The van der Waals surface area contributed by atoms with Gasteiger partial charge in [0.05, 0.1) is 19.3 Å². The highest BCUT2D eigenvalue weighted by molar-refractivity contribution is 5.95. The molecule has 0 aromatic carbocycles. The number of hydrogen-bond donors (Lipinski definition) is 1. The average molecular weight is 222 g/mol. The summed E-state index contributed by atoms with van der Waals surface area (Å²) < 4.78 is 5.25. The number of rotatable bonds is 1. The number of nitrogens with zero attached hydrogens (tertiary/aromatic N) is 2. The third-order valence-electron chi connectivity index (χ3n) is 2.62. The number of hydrogen-bond acceptors (Lipinski definition) is 4. The van der Waals surface area contributed by atoms with Crippen LogP contribution in [0.15, 0.2) is 18.3 Å². The lowest BCUT2D eigenvalue weighted by Crippen LogP contribution is -2.47. The zero-order chi connectivity index (χ0) is 11.5. The van der Waals surface area contributed by atoms with Crippen molar-refractivity contribution in [3.63, 3.8) is 0 Å². The van der Waals surface area contributed by atoms with E-state index in [9.17, 15) is 9.90 Å². The molecule has 86 valence electrons. The second-order valence-electron chi connectivity index (χ2n) is 3.79. The summed E-state index contributed by atoms with van der Waals surface area (Å²) in [7, 11) is 0. The monoisotopic (exact) mass is 222 g/mol. The van der Waals surface area contributed by atoms with Gasteiger partial charge >= 0.3 is 0 Å². The third-order valence-corrected chi connectivity index (χ3v) is 2.62. The summed E-state index contributed by atoms with van der Waals surface area (Å²) in [6.45, 7) is 3.51. The Bertz CT molecular complexity index is 395. The van der Waals surface area contributed by atoms with E-state index in [4.69, 9.17) is 4.74 Å². The van der Waals surface area contributed by atoms with Gasteiger partial charge in [-0.25, -0.2) is 4.98 Å². The van der Waals surface area contributed by atoms with Gasteiger partial charge in [-0.1, -0.05) is 0 Å². The Kier molecular flexibility index (Phi) is 3.05. The molecule has 2 heterocycles. The van der Waals surface area contributed by atoms with Crippen molar-refractivity contribution in [2.45, 2.75) is 13.0 Å². The van der Waals surface area contributed by atoms with Gasteiger partial charge in [0, 0.05) is 12.7 Å². The van der Waals surface area contributed by atoms with E-state index in [0.717, 1.165) is 0 Å².